The van der Waals surface area contributed by atoms with Crippen molar-refractivity contribution >= 4 is 15.9 Å². The molecule has 2 rings (SSSR count). The van der Waals surface area contributed by atoms with Crippen LogP contribution in [0.2, 0.25) is 0 Å². The van der Waals surface area contributed by atoms with Gasteiger partial charge in [-0.3, -0.25) is 4.98 Å². The lowest BCUT2D eigenvalue weighted by atomic mass is 9.92. The Kier molecular flexibility index (Phi) is 4.47. The van der Waals surface area contributed by atoms with E-state index in [0.717, 1.165) is 15.7 Å². The third kappa shape index (κ3) is 2.96. The number of halogens is 1. The van der Waals surface area contributed by atoms with E-state index in [9.17, 15) is 5.11 Å². The zero-order chi connectivity index (χ0) is 13.0. The first-order chi connectivity index (χ1) is 8.72. The molecule has 3 nitrogen and oxygen atoms in total. The Morgan fingerprint density at radius 2 is 1.89 bits per heavy atom. The number of nitrogens with zero attached hydrogens (tertiary/aromatic N) is 1. The van der Waals surface area contributed by atoms with Crippen LogP contribution in [-0.4, -0.2) is 16.6 Å². The van der Waals surface area contributed by atoms with Crippen molar-refractivity contribution in [2.75, 3.05) is 6.54 Å². The quantitative estimate of drug-likeness (QED) is 0.913. The molecule has 0 saturated heterocycles. The van der Waals surface area contributed by atoms with Gasteiger partial charge in [0.15, 0.2) is 0 Å². The summed E-state index contributed by atoms with van der Waals surface area (Å²) < 4.78 is 0.987. The van der Waals surface area contributed by atoms with Gasteiger partial charge in [0.2, 0.25) is 0 Å². The van der Waals surface area contributed by atoms with Crippen LogP contribution in [0.3, 0.4) is 0 Å². The van der Waals surface area contributed by atoms with E-state index < -0.39 is 6.10 Å². The zero-order valence-corrected chi connectivity index (χ0v) is 11.4. The van der Waals surface area contributed by atoms with E-state index in [2.05, 4.69) is 20.9 Å². The number of hydrogen-bond acceptors (Lipinski definition) is 3. The summed E-state index contributed by atoms with van der Waals surface area (Å²) in [5, 5.41) is 10.4. The van der Waals surface area contributed by atoms with E-state index in [1.54, 1.807) is 6.20 Å². The lowest BCUT2D eigenvalue weighted by Crippen LogP contribution is -2.21. The van der Waals surface area contributed by atoms with E-state index >= 15 is 0 Å². The molecule has 94 valence electrons. The van der Waals surface area contributed by atoms with Crippen LogP contribution in [0.5, 0.6) is 0 Å². The molecule has 18 heavy (non-hydrogen) atoms. The molecule has 0 saturated carbocycles. The maximum atomic E-state index is 10.4. The standard InChI is InChI=1S/C14H15BrN2O/c15-11-6-4-10(5-7-11)14(18)12(9-16)13-3-1-2-8-17-13/h1-8,12,14,18H,9,16H2. The molecule has 3 N–H and O–H groups in total. The van der Waals surface area contributed by atoms with Gasteiger partial charge in [0.25, 0.3) is 0 Å². The number of aliphatic hydroxyl groups is 1. The molecule has 0 bridgehead atoms. The summed E-state index contributed by atoms with van der Waals surface area (Å²) in [5.41, 5.74) is 7.43. The van der Waals surface area contributed by atoms with Gasteiger partial charge < -0.3 is 10.8 Å². The largest absolute Gasteiger partial charge is 0.388 e. The lowest BCUT2D eigenvalue weighted by molar-refractivity contribution is 0.145. The molecule has 0 spiro atoms. The number of rotatable bonds is 4. The van der Waals surface area contributed by atoms with Crippen LogP contribution < -0.4 is 5.73 Å². The topological polar surface area (TPSA) is 59.1 Å². The Morgan fingerprint density at radius 3 is 2.44 bits per heavy atom. The van der Waals surface area contributed by atoms with Crippen molar-refractivity contribution in [3.8, 4) is 0 Å². The van der Waals surface area contributed by atoms with Crippen LogP contribution in [0, 0.1) is 0 Å². The summed E-state index contributed by atoms with van der Waals surface area (Å²) in [7, 11) is 0. The Hall–Kier alpha value is -1.23. The van der Waals surface area contributed by atoms with Gasteiger partial charge >= 0.3 is 0 Å². The zero-order valence-electron chi connectivity index (χ0n) is 9.83. The Bertz CT molecular complexity index is 487. The van der Waals surface area contributed by atoms with E-state index in [1.807, 2.05) is 42.5 Å². The van der Waals surface area contributed by atoms with Gasteiger partial charge in [-0.2, -0.15) is 0 Å². The Balaban J connectivity index is 2.25. The van der Waals surface area contributed by atoms with E-state index in [-0.39, 0.29) is 5.92 Å². The first-order valence-electron chi connectivity index (χ1n) is 5.77. The SMILES string of the molecule is NCC(c1ccccn1)C(O)c1ccc(Br)cc1. The van der Waals surface area contributed by atoms with Crippen molar-refractivity contribution in [2.24, 2.45) is 5.73 Å². The molecular weight excluding hydrogens is 292 g/mol. The first-order valence-corrected chi connectivity index (χ1v) is 6.56. The number of pyridine rings is 1. The summed E-state index contributed by atoms with van der Waals surface area (Å²) >= 11 is 3.37. The third-order valence-corrected chi connectivity index (χ3v) is 3.44. The highest BCUT2D eigenvalue weighted by Crippen LogP contribution is 2.29. The minimum absolute atomic E-state index is 0.188. The van der Waals surface area contributed by atoms with Crippen molar-refractivity contribution in [2.45, 2.75) is 12.0 Å². The molecule has 4 heteroatoms. The van der Waals surface area contributed by atoms with Gasteiger partial charge in [0, 0.05) is 28.8 Å². The van der Waals surface area contributed by atoms with Gasteiger partial charge in [-0.1, -0.05) is 34.1 Å². The highest BCUT2D eigenvalue weighted by Gasteiger charge is 2.22. The molecule has 0 fully saturated rings. The molecule has 2 atom stereocenters. The average Bonchev–Trinajstić information content (AvgIpc) is 2.41. The predicted molar refractivity (Wildman–Crippen MR) is 75.1 cm³/mol. The highest BCUT2D eigenvalue weighted by atomic mass is 79.9. The molecule has 1 aromatic heterocycles. The normalized spacial score (nSPS) is 14.2. The Labute approximate surface area is 115 Å². The smallest absolute Gasteiger partial charge is 0.0885 e. The van der Waals surface area contributed by atoms with Crippen molar-refractivity contribution in [1.82, 2.24) is 4.98 Å². The van der Waals surface area contributed by atoms with Crippen LogP contribution >= 0.6 is 15.9 Å². The molecular formula is C14H15BrN2O. The second-order valence-electron chi connectivity index (χ2n) is 4.09. The van der Waals surface area contributed by atoms with Crippen LogP contribution in [0.25, 0.3) is 0 Å². The first kappa shape index (κ1) is 13.2. The number of hydrogen-bond donors (Lipinski definition) is 2. The third-order valence-electron chi connectivity index (χ3n) is 2.91. The van der Waals surface area contributed by atoms with Gasteiger partial charge in [-0.25, -0.2) is 0 Å². The summed E-state index contributed by atoms with van der Waals surface area (Å²) in [4.78, 5) is 4.26. The molecule has 1 heterocycles. The molecule has 2 unspecified atom stereocenters. The van der Waals surface area contributed by atoms with Crippen molar-refractivity contribution in [3.63, 3.8) is 0 Å². The molecule has 0 radical (unpaired) electrons. The van der Waals surface area contributed by atoms with Crippen LogP contribution in [0.15, 0.2) is 53.1 Å². The Morgan fingerprint density at radius 1 is 1.17 bits per heavy atom. The van der Waals surface area contributed by atoms with Gasteiger partial charge in [-0.15, -0.1) is 0 Å². The van der Waals surface area contributed by atoms with Crippen molar-refractivity contribution < 1.29 is 5.11 Å². The fraction of sp³-hybridized carbons (Fsp3) is 0.214. The van der Waals surface area contributed by atoms with Gasteiger partial charge in [0.1, 0.15) is 0 Å². The molecule has 0 amide bonds. The fourth-order valence-electron chi connectivity index (χ4n) is 1.90. The minimum Gasteiger partial charge on any atom is -0.388 e. The second-order valence-corrected chi connectivity index (χ2v) is 5.01. The van der Waals surface area contributed by atoms with Crippen molar-refractivity contribution in [1.29, 1.82) is 0 Å². The second kappa shape index (κ2) is 6.09. The molecule has 1 aromatic carbocycles. The molecule has 0 aliphatic heterocycles. The minimum atomic E-state index is -0.641. The number of aromatic nitrogens is 1. The maximum absolute atomic E-state index is 10.4. The monoisotopic (exact) mass is 306 g/mol. The average molecular weight is 307 g/mol. The van der Waals surface area contributed by atoms with Crippen LogP contribution in [-0.2, 0) is 0 Å². The maximum Gasteiger partial charge on any atom is 0.0885 e. The highest BCUT2D eigenvalue weighted by molar-refractivity contribution is 9.10. The summed E-state index contributed by atoms with van der Waals surface area (Å²) in [6, 6.07) is 13.2. The van der Waals surface area contributed by atoms with E-state index in [0.29, 0.717) is 6.54 Å². The summed E-state index contributed by atoms with van der Waals surface area (Å²) in [6.45, 7) is 0.355. The molecule has 0 aliphatic carbocycles. The van der Waals surface area contributed by atoms with Gasteiger partial charge in [0.05, 0.1) is 6.10 Å². The van der Waals surface area contributed by atoms with Crippen LogP contribution in [0.4, 0.5) is 0 Å². The van der Waals surface area contributed by atoms with Gasteiger partial charge in [-0.05, 0) is 29.8 Å². The number of benzene rings is 1. The fourth-order valence-corrected chi connectivity index (χ4v) is 2.16. The summed E-state index contributed by atoms with van der Waals surface area (Å²) in [5.74, 6) is -0.188. The number of aliphatic hydroxyl groups excluding tert-OH is 1. The predicted octanol–water partition coefficient (Wildman–Crippen LogP) is 2.62. The number of nitrogens with two attached hydrogens (primary N) is 1. The lowest BCUT2D eigenvalue weighted by Gasteiger charge is -2.21. The molecule has 2 aromatic rings. The van der Waals surface area contributed by atoms with Crippen LogP contribution in [0.1, 0.15) is 23.3 Å². The van der Waals surface area contributed by atoms with E-state index in [1.165, 1.54) is 0 Å². The molecule has 0 aliphatic rings. The summed E-state index contributed by atoms with van der Waals surface area (Å²) in [6.07, 6.45) is 1.07. The van der Waals surface area contributed by atoms with Crippen molar-refractivity contribution in [3.05, 3.63) is 64.4 Å². The van der Waals surface area contributed by atoms with E-state index in [4.69, 9.17) is 5.73 Å².